The minimum atomic E-state index is 0.672. The van der Waals surface area contributed by atoms with Gasteiger partial charge in [-0.15, -0.1) is 0 Å². The predicted octanol–water partition coefficient (Wildman–Crippen LogP) is 4.92. The van der Waals surface area contributed by atoms with E-state index in [1.807, 2.05) is 0 Å². The summed E-state index contributed by atoms with van der Waals surface area (Å²) in [5, 5.41) is 0. The molecule has 0 aromatic heterocycles. The highest BCUT2D eigenvalue weighted by molar-refractivity contribution is 9.10. The lowest BCUT2D eigenvalue weighted by molar-refractivity contribution is 0.142. The van der Waals surface area contributed by atoms with Crippen LogP contribution < -0.4 is 0 Å². The van der Waals surface area contributed by atoms with E-state index in [1.165, 1.54) is 61.5 Å². The van der Waals surface area contributed by atoms with Crippen LogP contribution in [-0.2, 0) is 0 Å². The Hall–Kier alpha value is -0.340. The maximum Gasteiger partial charge on any atom is 0.0351 e. The summed E-state index contributed by atoms with van der Waals surface area (Å²) in [7, 11) is 0. The number of hydrogen-bond donors (Lipinski definition) is 0. The van der Waals surface area contributed by atoms with Crippen molar-refractivity contribution in [1.29, 1.82) is 0 Å². The first-order chi connectivity index (χ1) is 8.84. The molecule has 1 saturated carbocycles. The highest BCUT2D eigenvalue weighted by atomic mass is 79.9. The normalized spacial score (nSPS) is 26.6. The van der Waals surface area contributed by atoms with Crippen LogP contribution in [0.5, 0.6) is 0 Å². The van der Waals surface area contributed by atoms with Crippen LogP contribution in [0.25, 0.3) is 0 Å². The van der Waals surface area contributed by atoms with Crippen molar-refractivity contribution in [2.75, 3.05) is 6.54 Å². The first-order valence-electron chi connectivity index (χ1n) is 7.36. The molecule has 98 valence electrons. The quantitative estimate of drug-likeness (QED) is 0.749. The smallest absolute Gasteiger partial charge is 0.0351 e. The molecule has 18 heavy (non-hydrogen) atoms. The van der Waals surface area contributed by atoms with Gasteiger partial charge in [-0.25, -0.2) is 0 Å². The van der Waals surface area contributed by atoms with Crippen LogP contribution >= 0.6 is 15.9 Å². The van der Waals surface area contributed by atoms with Crippen molar-refractivity contribution < 1.29 is 0 Å². The molecular formula is C16H22BrN. The standard InChI is InChI=1S/C16H22BrN/c17-14-7-4-6-13(12-14)16-10-5-11-18(16)15-8-2-1-3-9-15/h4,6-7,12,15-16H,1-3,5,8-11H2. The average molecular weight is 308 g/mol. The summed E-state index contributed by atoms with van der Waals surface area (Å²) in [5.74, 6) is 0. The number of hydrogen-bond acceptors (Lipinski definition) is 1. The summed E-state index contributed by atoms with van der Waals surface area (Å²) in [6.07, 6.45) is 9.88. The van der Waals surface area contributed by atoms with Gasteiger partial charge in [0.2, 0.25) is 0 Å². The van der Waals surface area contributed by atoms with Crippen molar-refractivity contribution in [3.8, 4) is 0 Å². The molecule has 1 unspecified atom stereocenters. The fourth-order valence-corrected chi connectivity index (χ4v) is 4.13. The predicted molar refractivity (Wildman–Crippen MR) is 79.7 cm³/mol. The second kappa shape index (κ2) is 5.75. The first kappa shape index (κ1) is 12.7. The van der Waals surface area contributed by atoms with Crippen LogP contribution in [0.2, 0.25) is 0 Å². The summed E-state index contributed by atoms with van der Waals surface area (Å²) in [4.78, 5) is 2.79. The highest BCUT2D eigenvalue weighted by Crippen LogP contribution is 2.38. The zero-order valence-electron chi connectivity index (χ0n) is 10.9. The zero-order valence-corrected chi connectivity index (χ0v) is 12.5. The minimum absolute atomic E-state index is 0.672. The van der Waals surface area contributed by atoms with E-state index in [2.05, 4.69) is 45.1 Å². The summed E-state index contributed by atoms with van der Waals surface area (Å²) in [5.41, 5.74) is 1.51. The molecule has 1 aliphatic heterocycles. The fourth-order valence-electron chi connectivity index (χ4n) is 3.71. The lowest BCUT2D eigenvalue weighted by atomic mass is 9.93. The van der Waals surface area contributed by atoms with Gasteiger partial charge in [0.15, 0.2) is 0 Å². The molecule has 1 aromatic carbocycles. The van der Waals surface area contributed by atoms with Crippen LogP contribution in [0, 0.1) is 0 Å². The van der Waals surface area contributed by atoms with Crippen molar-refractivity contribution in [2.45, 2.75) is 57.0 Å². The molecule has 1 atom stereocenters. The summed E-state index contributed by atoms with van der Waals surface area (Å²) in [6.45, 7) is 1.31. The molecule has 0 spiro atoms. The molecule has 2 heteroatoms. The molecule has 2 aliphatic rings. The summed E-state index contributed by atoms with van der Waals surface area (Å²) in [6, 6.07) is 10.4. The Kier molecular flexibility index (Phi) is 4.05. The van der Waals surface area contributed by atoms with E-state index in [1.54, 1.807) is 0 Å². The second-order valence-corrected chi connectivity index (χ2v) is 6.66. The van der Waals surface area contributed by atoms with Gasteiger partial charge < -0.3 is 0 Å². The van der Waals surface area contributed by atoms with Gasteiger partial charge in [0, 0.05) is 16.6 Å². The third-order valence-corrected chi connectivity index (χ3v) is 5.06. The topological polar surface area (TPSA) is 3.24 Å². The largest absolute Gasteiger partial charge is 0.293 e. The van der Waals surface area contributed by atoms with Crippen LogP contribution in [0.3, 0.4) is 0 Å². The average Bonchev–Trinajstić information content (AvgIpc) is 2.89. The molecule has 1 saturated heterocycles. The van der Waals surface area contributed by atoms with Gasteiger partial charge in [0.05, 0.1) is 0 Å². The number of benzene rings is 1. The van der Waals surface area contributed by atoms with Gasteiger partial charge in [-0.1, -0.05) is 47.3 Å². The van der Waals surface area contributed by atoms with Crippen molar-refractivity contribution in [3.63, 3.8) is 0 Å². The number of likely N-dealkylation sites (tertiary alicyclic amines) is 1. The second-order valence-electron chi connectivity index (χ2n) is 5.74. The van der Waals surface area contributed by atoms with Gasteiger partial charge in [0.25, 0.3) is 0 Å². The van der Waals surface area contributed by atoms with Gasteiger partial charge in [-0.2, -0.15) is 0 Å². The van der Waals surface area contributed by atoms with E-state index in [0.29, 0.717) is 6.04 Å². The molecule has 0 bridgehead atoms. The number of nitrogens with zero attached hydrogens (tertiary/aromatic N) is 1. The lowest BCUT2D eigenvalue weighted by Gasteiger charge is -2.35. The molecule has 3 rings (SSSR count). The Balaban J connectivity index is 1.78. The number of halogens is 1. The maximum absolute atomic E-state index is 3.61. The molecular weight excluding hydrogens is 286 g/mol. The van der Waals surface area contributed by atoms with Gasteiger partial charge in [-0.3, -0.25) is 4.90 Å². The Morgan fingerprint density at radius 3 is 2.61 bits per heavy atom. The summed E-state index contributed by atoms with van der Waals surface area (Å²) < 4.78 is 1.22. The van der Waals surface area contributed by atoms with E-state index in [9.17, 15) is 0 Å². The minimum Gasteiger partial charge on any atom is -0.293 e. The van der Waals surface area contributed by atoms with Crippen molar-refractivity contribution >= 4 is 15.9 Å². The van der Waals surface area contributed by atoms with E-state index in [-0.39, 0.29) is 0 Å². The van der Waals surface area contributed by atoms with E-state index < -0.39 is 0 Å². The van der Waals surface area contributed by atoms with E-state index in [4.69, 9.17) is 0 Å². The molecule has 0 amide bonds. The van der Waals surface area contributed by atoms with Crippen molar-refractivity contribution in [3.05, 3.63) is 34.3 Å². The summed E-state index contributed by atoms with van der Waals surface area (Å²) >= 11 is 3.61. The van der Waals surface area contributed by atoms with Gasteiger partial charge >= 0.3 is 0 Å². The van der Waals surface area contributed by atoms with Crippen LogP contribution in [0.1, 0.15) is 56.6 Å². The van der Waals surface area contributed by atoms with Crippen LogP contribution in [-0.4, -0.2) is 17.5 Å². The van der Waals surface area contributed by atoms with Crippen molar-refractivity contribution in [1.82, 2.24) is 4.90 Å². The van der Waals surface area contributed by atoms with E-state index >= 15 is 0 Å². The first-order valence-corrected chi connectivity index (χ1v) is 8.15. The fraction of sp³-hybridized carbons (Fsp3) is 0.625. The highest BCUT2D eigenvalue weighted by Gasteiger charge is 2.32. The van der Waals surface area contributed by atoms with Gasteiger partial charge in [0.1, 0.15) is 0 Å². The SMILES string of the molecule is Brc1cccc(C2CCCN2C2CCCCC2)c1. The Bertz CT molecular complexity index is 398. The molecule has 1 heterocycles. The molecule has 1 aromatic rings. The van der Waals surface area contributed by atoms with Gasteiger partial charge in [-0.05, 0) is 49.9 Å². The Labute approximate surface area is 119 Å². The van der Waals surface area contributed by atoms with Crippen LogP contribution in [0.15, 0.2) is 28.7 Å². The molecule has 1 aliphatic carbocycles. The lowest BCUT2D eigenvalue weighted by Crippen LogP contribution is -2.36. The monoisotopic (exact) mass is 307 g/mol. The van der Waals surface area contributed by atoms with E-state index in [0.717, 1.165) is 6.04 Å². The maximum atomic E-state index is 3.61. The number of rotatable bonds is 2. The third-order valence-electron chi connectivity index (χ3n) is 4.57. The molecule has 0 radical (unpaired) electrons. The molecule has 2 fully saturated rings. The Morgan fingerprint density at radius 2 is 1.83 bits per heavy atom. The van der Waals surface area contributed by atoms with Crippen LogP contribution in [0.4, 0.5) is 0 Å². The Morgan fingerprint density at radius 1 is 1.00 bits per heavy atom. The van der Waals surface area contributed by atoms with Crippen molar-refractivity contribution in [2.24, 2.45) is 0 Å². The molecule has 0 N–H and O–H groups in total. The zero-order chi connectivity index (χ0) is 12.4. The molecule has 1 nitrogen and oxygen atoms in total. The third kappa shape index (κ3) is 2.65.